The quantitative estimate of drug-likeness (QED) is 0.795. The Bertz CT molecular complexity index is 671. The Labute approximate surface area is 124 Å². The predicted octanol–water partition coefficient (Wildman–Crippen LogP) is 2.05. The van der Waals surface area contributed by atoms with Crippen molar-refractivity contribution in [2.45, 2.75) is 4.90 Å². The van der Waals surface area contributed by atoms with Crippen molar-refractivity contribution >= 4 is 10.0 Å². The van der Waals surface area contributed by atoms with Crippen molar-refractivity contribution in [1.82, 2.24) is 4.72 Å². The van der Waals surface area contributed by atoms with Crippen LogP contribution in [0.3, 0.4) is 0 Å². The number of sulfonamides is 1. The molecule has 5 nitrogen and oxygen atoms in total. The van der Waals surface area contributed by atoms with Gasteiger partial charge in [0.25, 0.3) is 0 Å². The molecule has 0 spiro atoms. The lowest BCUT2D eigenvalue weighted by molar-refractivity contribution is 0.322. The van der Waals surface area contributed by atoms with Crippen molar-refractivity contribution < 1.29 is 17.9 Å². The normalized spacial score (nSPS) is 11.1. The monoisotopic (exact) mass is 307 g/mol. The van der Waals surface area contributed by atoms with E-state index >= 15 is 0 Å². The molecule has 0 radical (unpaired) electrons. The smallest absolute Gasteiger partial charge is 0.244 e. The SMILES string of the molecule is COc1ccccc1S(=O)(=O)NCCOc1ccccc1. The van der Waals surface area contributed by atoms with Gasteiger partial charge in [0.05, 0.1) is 7.11 Å². The zero-order chi connectivity index (χ0) is 15.1. The first kappa shape index (κ1) is 15.3. The van der Waals surface area contributed by atoms with Crippen LogP contribution in [0.25, 0.3) is 0 Å². The van der Waals surface area contributed by atoms with Crippen LogP contribution >= 0.6 is 0 Å². The number of rotatable bonds is 7. The van der Waals surface area contributed by atoms with Crippen LogP contribution in [0, 0.1) is 0 Å². The maximum absolute atomic E-state index is 12.2. The van der Waals surface area contributed by atoms with Crippen molar-refractivity contribution in [1.29, 1.82) is 0 Å². The molecule has 2 rings (SSSR count). The second-order valence-electron chi connectivity index (χ2n) is 4.21. The van der Waals surface area contributed by atoms with E-state index in [9.17, 15) is 8.42 Å². The number of hydrogen-bond acceptors (Lipinski definition) is 4. The molecular weight excluding hydrogens is 290 g/mol. The standard InChI is InChI=1S/C15H17NO4S/c1-19-14-9-5-6-10-15(14)21(17,18)16-11-12-20-13-7-3-2-4-8-13/h2-10,16H,11-12H2,1H3. The van der Waals surface area contributed by atoms with Crippen LogP contribution in [-0.2, 0) is 10.0 Å². The number of benzene rings is 2. The van der Waals surface area contributed by atoms with Gasteiger partial charge < -0.3 is 9.47 Å². The highest BCUT2D eigenvalue weighted by Crippen LogP contribution is 2.22. The first-order valence-electron chi connectivity index (χ1n) is 6.44. The maximum atomic E-state index is 12.2. The molecule has 2 aromatic rings. The Morgan fingerprint density at radius 2 is 1.67 bits per heavy atom. The fraction of sp³-hybridized carbons (Fsp3) is 0.200. The van der Waals surface area contributed by atoms with Gasteiger partial charge in [-0.1, -0.05) is 30.3 Å². The Morgan fingerprint density at radius 1 is 1.00 bits per heavy atom. The maximum Gasteiger partial charge on any atom is 0.244 e. The van der Waals surface area contributed by atoms with Crippen LogP contribution in [0.15, 0.2) is 59.5 Å². The van der Waals surface area contributed by atoms with Crippen molar-refractivity contribution in [2.75, 3.05) is 20.3 Å². The van der Waals surface area contributed by atoms with Crippen molar-refractivity contribution in [3.63, 3.8) is 0 Å². The van der Waals surface area contributed by atoms with Gasteiger partial charge >= 0.3 is 0 Å². The first-order chi connectivity index (χ1) is 10.1. The molecule has 0 aromatic heterocycles. The fourth-order valence-electron chi connectivity index (χ4n) is 1.78. The molecule has 6 heteroatoms. The minimum atomic E-state index is -3.61. The summed E-state index contributed by atoms with van der Waals surface area (Å²) >= 11 is 0. The number of methoxy groups -OCH3 is 1. The highest BCUT2D eigenvalue weighted by molar-refractivity contribution is 7.89. The highest BCUT2D eigenvalue weighted by atomic mass is 32.2. The third kappa shape index (κ3) is 4.21. The van der Waals surface area contributed by atoms with Crippen LogP contribution in [0.5, 0.6) is 11.5 Å². The minimum Gasteiger partial charge on any atom is -0.495 e. The molecule has 0 saturated heterocycles. The van der Waals surface area contributed by atoms with E-state index in [1.807, 2.05) is 30.3 Å². The van der Waals surface area contributed by atoms with E-state index in [0.717, 1.165) is 0 Å². The van der Waals surface area contributed by atoms with E-state index in [4.69, 9.17) is 9.47 Å². The minimum absolute atomic E-state index is 0.118. The van der Waals surface area contributed by atoms with E-state index in [2.05, 4.69) is 4.72 Å². The molecule has 0 amide bonds. The van der Waals surface area contributed by atoms with Gasteiger partial charge in [0, 0.05) is 6.54 Å². The first-order valence-corrected chi connectivity index (χ1v) is 7.92. The lowest BCUT2D eigenvalue weighted by atomic mass is 10.3. The van der Waals surface area contributed by atoms with E-state index in [-0.39, 0.29) is 18.0 Å². The van der Waals surface area contributed by atoms with E-state index in [1.54, 1.807) is 18.2 Å². The molecule has 1 N–H and O–H groups in total. The van der Waals surface area contributed by atoms with Crippen LogP contribution in [-0.4, -0.2) is 28.7 Å². The van der Waals surface area contributed by atoms with Gasteiger partial charge in [-0.25, -0.2) is 13.1 Å². The largest absolute Gasteiger partial charge is 0.495 e. The van der Waals surface area contributed by atoms with E-state index in [1.165, 1.54) is 13.2 Å². The molecule has 0 atom stereocenters. The summed E-state index contributed by atoms with van der Waals surface area (Å²) in [6, 6.07) is 15.7. The Balaban J connectivity index is 1.93. The zero-order valence-electron chi connectivity index (χ0n) is 11.7. The van der Waals surface area contributed by atoms with Gasteiger partial charge in [-0.05, 0) is 24.3 Å². The number of para-hydroxylation sites is 2. The van der Waals surface area contributed by atoms with E-state index < -0.39 is 10.0 Å². The lowest BCUT2D eigenvalue weighted by Crippen LogP contribution is -2.28. The fourth-order valence-corrected chi connectivity index (χ4v) is 2.96. The van der Waals surface area contributed by atoms with Crippen LogP contribution < -0.4 is 14.2 Å². The molecule has 2 aromatic carbocycles. The van der Waals surface area contributed by atoms with Crippen LogP contribution in [0.1, 0.15) is 0 Å². The molecule has 0 fully saturated rings. The predicted molar refractivity (Wildman–Crippen MR) is 80.1 cm³/mol. The third-order valence-electron chi connectivity index (χ3n) is 2.76. The summed E-state index contributed by atoms with van der Waals surface area (Å²) in [6.45, 7) is 0.424. The Kier molecular flexibility index (Phi) is 5.19. The number of ether oxygens (including phenoxy) is 2. The summed E-state index contributed by atoms with van der Waals surface area (Å²) in [6.07, 6.45) is 0. The lowest BCUT2D eigenvalue weighted by Gasteiger charge is -2.11. The number of nitrogens with one attached hydrogen (secondary N) is 1. The molecular formula is C15H17NO4S. The van der Waals surface area contributed by atoms with Gasteiger partial charge in [0.2, 0.25) is 10.0 Å². The molecule has 21 heavy (non-hydrogen) atoms. The second-order valence-corrected chi connectivity index (χ2v) is 5.95. The summed E-state index contributed by atoms with van der Waals surface area (Å²) in [5, 5.41) is 0. The average Bonchev–Trinajstić information content (AvgIpc) is 2.52. The van der Waals surface area contributed by atoms with E-state index in [0.29, 0.717) is 11.5 Å². The van der Waals surface area contributed by atoms with Crippen LogP contribution in [0.4, 0.5) is 0 Å². The molecule has 0 unspecified atom stereocenters. The Hall–Kier alpha value is -2.05. The average molecular weight is 307 g/mol. The summed E-state index contributed by atoms with van der Waals surface area (Å²) in [5.41, 5.74) is 0. The van der Waals surface area contributed by atoms with Gasteiger partial charge in [-0.2, -0.15) is 0 Å². The van der Waals surface area contributed by atoms with Crippen molar-refractivity contribution in [2.24, 2.45) is 0 Å². The van der Waals surface area contributed by atoms with Gasteiger partial charge in [0.1, 0.15) is 23.0 Å². The number of hydrogen-bond donors (Lipinski definition) is 1. The molecule has 0 heterocycles. The zero-order valence-corrected chi connectivity index (χ0v) is 12.5. The summed E-state index contributed by atoms with van der Waals surface area (Å²) in [5.74, 6) is 1.02. The summed E-state index contributed by atoms with van der Waals surface area (Å²) < 4.78 is 37.3. The molecule has 0 bridgehead atoms. The molecule has 112 valence electrons. The summed E-state index contributed by atoms with van der Waals surface area (Å²) in [7, 11) is -2.18. The Morgan fingerprint density at radius 3 is 2.38 bits per heavy atom. The molecule has 0 aliphatic carbocycles. The second kappa shape index (κ2) is 7.10. The summed E-state index contributed by atoms with van der Waals surface area (Å²) in [4.78, 5) is 0.118. The van der Waals surface area contributed by atoms with Crippen molar-refractivity contribution in [3.8, 4) is 11.5 Å². The topological polar surface area (TPSA) is 64.6 Å². The van der Waals surface area contributed by atoms with Gasteiger partial charge in [0.15, 0.2) is 0 Å². The third-order valence-corrected chi connectivity index (χ3v) is 4.27. The van der Waals surface area contributed by atoms with Gasteiger partial charge in [-0.3, -0.25) is 0 Å². The van der Waals surface area contributed by atoms with Crippen molar-refractivity contribution in [3.05, 3.63) is 54.6 Å². The highest BCUT2D eigenvalue weighted by Gasteiger charge is 2.18. The molecule has 0 aliphatic heterocycles. The molecule has 0 aliphatic rings. The molecule has 0 saturated carbocycles. The van der Waals surface area contributed by atoms with Crippen LogP contribution in [0.2, 0.25) is 0 Å². The van der Waals surface area contributed by atoms with Gasteiger partial charge in [-0.15, -0.1) is 0 Å².